The Hall–Kier alpha value is -2.33. The van der Waals surface area contributed by atoms with Crippen LogP contribution in [0.4, 0.5) is 5.69 Å². The van der Waals surface area contributed by atoms with Crippen molar-refractivity contribution in [3.8, 4) is 0 Å². The molecule has 0 unspecified atom stereocenters. The standard InChI is InChI=1S/C20H20N2OS/c1-14(2)16-8-4-6-10-18(16)21-19(23)13-24-20-12-11-15-7-3-5-9-17(15)22-20/h3-12,14H,13H2,1-2H3,(H,21,23). The summed E-state index contributed by atoms with van der Waals surface area (Å²) in [7, 11) is 0. The van der Waals surface area contributed by atoms with E-state index in [-0.39, 0.29) is 5.91 Å². The van der Waals surface area contributed by atoms with E-state index in [1.54, 1.807) is 0 Å². The van der Waals surface area contributed by atoms with Crippen LogP contribution >= 0.6 is 11.8 Å². The summed E-state index contributed by atoms with van der Waals surface area (Å²) in [4.78, 5) is 16.8. The number of pyridine rings is 1. The van der Waals surface area contributed by atoms with Crippen LogP contribution in [0.25, 0.3) is 10.9 Å². The monoisotopic (exact) mass is 336 g/mol. The minimum Gasteiger partial charge on any atom is -0.325 e. The largest absolute Gasteiger partial charge is 0.325 e. The lowest BCUT2D eigenvalue weighted by molar-refractivity contribution is -0.113. The molecular weight excluding hydrogens is 316 g/mol. The summed E-state index contributed by atoms with van der Waals surface area (Å²) in [6.07, 6.45) is 0. The molecule has 0 aliphatic carbocycles. The number of benzene rings is 2. The first-order chi connectivity index (χ1) is 11.6. The second-order valence-electron chi connectivity index (χ2n) is 5.92. The van der Waals surface area contributed by atoms with Gasteiger partial charge in [-0.3, -0.25) is 4.79 Å². The highest BCUT2D eigenvalue weighted by molar-refractivity contribution is 7.99. The van der Waals surface area contributed by atoms with Gasteiger partial charge in [0.1, 0.15) is 0 Å². The molecule has 3 aromatic rings. The molecule has 3 nitrogen and oxygen atoms in total. The average Bonchev–Trinajstić information content (AvgIpc) is 2.60. The Morgan fingerprint density at radius 2 is 1.79 bits per heavy atom. The van der Waals surface area contributed by atoms with E-state index in [0.29, 0.717) is 11.7 Å². The van der Waals surface area contributed by atoms with Gasteiger partial charge in [-0.15, -0.1) is 0 Å². The van der Waals surface area contributed by atoms with E-state index >= 15 is 0 Å². The Bertz CT molecular complexity index is 861. The zero-order chi connectivity index (χ0) is 16.9. The minimum absolute atomic E-state index is 0.0111. The van der Waals surface area contributed by atoms with Crippen LogP contribution in [0.2, 0.25) is 0 Å². The van der Waals surface area contributed by atoms with E-state index in [2.05, 4.69) is 30.2 Å². The van der Waals surface area contributed by atoms with Gasteiger partial charge in [0.2, 0.25) is 5.91 Å². The maximum Gasteiger partial charge on any atom is 0.234 e. The van der Waals surface area contributed by atoms with Crippen LogP contribution in [0.3, 0.4) is 0 Å². The number of anilines is 1. The normalized spacial score (nSPS) is 11.0. The van der Waals surface area contributed by atoms with Gasteiger partial charge >= 0.3 is 0 Å². The Kier molecular flexibility index (Phi) is 5.16. The first kappa shape index (κ1) is 16.5. The van der Waals surface area contributed by atoms with Crippen molar-refractivity contribution in [2.45, 2.75) is 24.8 Å². The average molecular weight is 336 g/mol. The molecule has 0 aliphatic rings. The maximum absolute atomic E-state index is 12.3. The molecule has 1 aromatic heterocycles. The molecule has 0 radical (unpaired) electrons. The van der Waals surface area contributed by atoms with Crippen molar-refractivity contribution < 1.29 is 4.79 Å². The first-order valence-corrected chi connectivity index (χ1v) is 8.99. The molecular formula is C20H20N2OS. The van der Waals surface area contributed by atoms with Gasteiger partial charge in [0, 0.05) is 11.1 Å². The van der Waals surface area contributed by atoms with Crippen molar-refractivity contribution in [1.82, 2.24) is 4.98 Å². The van der Waals surface area contributed by atoms with Crippen LogP contribution in [0.1, 0.15) is 25.3 Å². The van der Waals surface area contributed by atoms with Gasteiger partial charge in [0.25, 0.3) is 0 Å². The molecule has 1 heterocycles. The number of rotatable bonds is 5. The lowest BCUT2D eigenvalue weighted by Gasteiger charge is -2.13. The highest BCUT2D eigenvalue weighted by Gasteiger charge is 2.10. The third kappa shape index (κ3) is 3.95. The van der Waals surface area contributed by atoms with Gasteiger partial charge in [-0.1, -0.05) is 68.1 Å². The number of aromatic nitrogens is 1. The summed E-state index contributed by atoms with van der Waals surface area (Å²) < 4.78 is 0. The van der Waals surface area contributed by atoms with Crippen molar-refractivity contribution in [2.75, 3.05) is 11.1 Å². The predicted molar refractivity (Wildman–Crippen MR) is 102 cm³/mol. The number of thioether (sulfide) groups is 1. The van der Waals surface area contributed by atoms with Crippen molar-refractivity contribution in [2.24, 2.45) is 0 Å². The summed E-state index contributed by atoms with van der Waals surface area (Å²) >= 11 is 1.45. The lowest BCUT2D eigenvalue weighted by Crippen LogP contribution is -2.15. The Morgan fingerprint density at radius 3 is 2.62 bits per heavy atom. The summed E-state index contributed by atoms with van der Waals surface area (Å²) in [5.74, 6) is 0.706. The number of para-hydroxylation sites is 2. The summed E-state index contributed by atoms with van der Waals surface area (Å²) in [5.41, 5.74) is 3.00. The third-order valence-corrected chi connectivity index (χ3v) is 4.71. The number of amides is 1. The fourth-order valence-electron chi connectivity index (χ4n) is 2.57. The minimum atomic E-state index is -0.0111. The second-order valence-corrected chi connectivity index (χ2v) is 6.92. The molecule has 0 aliphatic heterocycles. The summed E-state index contributed by atoms with van der Waals surface area (Å²) in [6.45, 7) is 4.25. The van der Waals surface area contributed by atoms with Crippen molar-refractivity contribution in [1.29, 1.82) is 0 Å². The molecule has 0 bridgehead atoms. The zero-order valence-electron chi connectivity index (χ0n) is 13.8. The number of carbonyl (C=O) groups is 1. The van der Waals surface area contributed by atoms with Crippen molar-refractivity contribution in [3.05, 3.63) is 66.2 Å². The molecule has 0 spiro atoms. The topological polar surface area (TPSA) is 42.0 Å². The van der Waals surface area contributed by atoms with Gasteiger partial charge in [0.05, 0.1) is 16.3 Å². The molecule has 0 fully saturated rings. The second kappa shape index (κ2) is 7.49. The molecule has 0 atom stereocenters. The van der Waals surface area contributed by atoms with E-state index in [4.69, 9.17) is 0 Å². The van der Waals surface area contributed by atoms with E-state index in [9.17, 15) is 4.79 Å². The van der Waals surface area contributed by atoms with Gasteiger partial charge in [-0.05, 0) is 29.7 Å². The predicted octanol–water partition coefficient (Wildman–Crippen LogP) is 5.09. The Morgan fingerprint density at radius 1 is 1.04 bits per heavy atom. The fourth-order valence-corrected chi connectivity index (χ4v) is 3.25. The zero-order valence-corrected chi connectivity index (χ0v) is 14.6. The number of carbonyl (C=O) groups excluding carboxylic acids is 1. The molecule has 1 amide bonds. The van der Waals surface area contributed by atoms with Crippen molar-refractivity contribution in [3.63, 3.8) is 0 Å². The lowest BCUT2D eigenvalue weighted by atomic mass is 10.0. The quantitative estimate of drug-likeness (QED) is 0.660. The van der Waals surface area contributed by atoms with Gasteiger partial charge in [-0.25, -0.2) is 4.98 Å². The molecule has 2 aromatic carbocycles. The van der Waals surface area contributed by atoms with Crippen LogP contribution in [-0.4, -0.2) is 16.6 Å². The molecule has 24 heavy (non-hydrogen) atoms. The van der Waals surface area contributed by atoms with Crippen LogP contribution in [0, 0.1) is 0 Å². The number of hydrogen-bond acceptors (Lipinski definition) is 3. The third-order valence-electron chi connectivity index (χ3n) is 3.78. The molecule has 0 saturated carbocycles. The summed E-state index contributed by atoms with van der Waals surface area (Å²) in [5, 5.41) is 4.98. The molecule has 0 saturated heterocycles. The summed E-state index contributed by atoms with van der Waals surface area (Å²) in [6, 6.07) is 19.9. The molecule has 3 rings (SSSR count). The smallest absolute Gasteiger partial charge is 0.234 e. The van der Waals surface area contributed by atoms with E-state index < -0.39 is 0 Å². The van der Waals surface area contributed by atoms with Gasteiger partial charge in [0.15, 0.2) is 0 Å². The maximum atomic E-state index is 12.3. The van der Waals surface area contributed by atoms with E-state index in [1.807, 2.05) is 54.6 Å². The van der Waals surface area contributed by atoms with Gasteiger partial charge < -0.3 is 5.32 Å². The molecule has 4 heteroatoms. The Balaban J connectivity index is 1.65. The SMILES string of the molecule is CC(C)c1ccccc1NC(=O)CSc1ccc2ccccc2n1. The highest BCUT2D eigenvalue weighted by Crippen LogP contribution is 2.24. The highest BCUT2D eigenvalue weighted by atomic mass is 32.2. The van der Waals surface area contributed by atoms with E-state index in [1.165, 1.54) is 11.8 Å². The Labute approximate surface area is 146 Å². The van der Waals surface area contributed by atoms with E-state index in [0.717, 1.165) is 27.2 Å². The van der Waals surface area contributed by atoms with Gasteiger partial charge in [-0.2, -0.15) is 0 Å². The van der Waals surface area contributed by atoms with Crippen LogP contribution in [0.15, 0.2) is 65.7 Å². The first-order valence-electron chi connectivity index (χ1n) is 8.01. The fraction of sp³-hybridized carbons (Fsp3) is 0.200. The van der Waals surface area contributed by atoms with Crippen LogP contribution in [0.5, 0.6) is 0 Å². The number of hydrogen-bond donors (Lipinski definition) is 1. The van der Waals surface area contributed by atoms with Crippen molar-refractivity contribution >= 4 is 34.3 Å². The number of fused-ring (bicyclic) bond motifs is 1. The van der Waals surface area contributed by atoms with Crippen LogP contribution in [-0.2, 0) is 4.79 Å². The number of nitrogens with zero attached hydrogens (tertiary/aromatic N) is 1. The van der Waals surface area contributed by atoms with Crippen LogP contribution < -0.4 is 5.32 Å². The number of nitrogens with one attached hydrogen (secondary N) is 1. The molecule has 1 N–H and O–H groups in total. The molecule has 122 valence electrons.